The maximum atomic E-state index is 10.9. The summed E-state index contributed by atoms with van der Waals surface area (Å²) < 4.78 is 7.33. The van der Waals surface area contributed by atoms with Gasteiger partial charge in [0, 0.05) is 0 Å². The molecule has 0 aliphatic carbocycles. The molecule has 6 nitrogen and oxygen atoms in total. The van der Waals surface area contributed by atoms with Gasteiger partial charge in [0.05, 0.1) is 29.5 Å². The van der Waals surface area contributed by atoms with Crippen molar-refractivity contribution in [2.75, 3.05) is 6.61 Å². The molecule has 0 aliphatic heterocycles. The van der Waals surface area contributed by atoms with Crippen LogP contribution >= 0.6 is 0 Å². The van der Waals surface area contributed by atoms with Crippen LogP contribution in [0.4, 0.5) is 0 Å². The SMILES string of the molecule is O=C(O)c1cccc(OC[C@@H](O)Cn2cnc3ccccc32)c1. The predicted molar refractivity (Wildman–Crippen MR) is 84.6 cm³/mol. The Labute approximate surface area is 132 Å². The molecule has 0 aliphatic rings. The Morgan fingerprint density at radius 1 is 1.22 bits per heavy atom. The maximum Gasteiger partial charge on any atom is 0.335 e. The zero-order valence-corrected chi connectivity index (χ0v) is 12.3. The number of fused-ring (bicyclic) bond motifs is 1. The second-order valence-electron chi connectivity index (χ2n) is 5.18. The van der Waals surface area contributed by atoms with Gasteiger partial charge in [0.1, 0.15) is 18.5 Å². The lowest BCUT2D eigenvalue weighted by molar-refractivity contribution is 0.0695. The van der Waals surface area contributed by atoms with Crippen LogP contribution in [0.1, 0.15) is 10.4 Å². The summed E-state index contributed by atoms with van der Waals surface area (Å²) in [5.41, 5.74) is 1.96. The van der Waals surface area contributed by atoms with E-state index in [0.717, 1.165) is 11.0 Å². The number of rotatable bonds is 6. The third kappa shape index (κ3) is 3.49. The van der Waals surface area contributed by atoms with Crippen molar-refractivity contribution >= 4 is 17.0 Å². The zero-order valence-electron chi connectivity index (χ0n) is 12.3. The van der Waals surface area contributed by atoms with E-state index in [2.05, 4.69) is 4.98 Å². The number of ether oxygens (including phenoxy) is 1. The molecule has 3 rings (SSSR count). The molecule has 0 unspecified atom stereocenters. The number of nitrogens with zero attached hydrogens (tertiary/aromatic N) is 2. The summed E-state index contributed by atoms with van der Waals surface area (Å²) in [6.07, 6.45) is 0.944. The van der Waals surface area contributed by atoms with Crippen molar-refractivity contribution < 1.29 is 19.7 Å². The molecule has 23 heavy (non-hydrogen) atoms. The first-order valence-corrected chi connectivity index (χ1v) is 7.17. The summed E-state index contributed by atoms with van der Waals surface area (Å²) in [5, 5.41) is 19.1. The molecule has 0 saturated heterocycles. The van der Waals surface area contributed by atoms with Gasteiger partial charge in [0.2, 0.25) is 0 Å². The van der Waals surface area contributed by atoms with Gasteiger partial charge < -0.3 is 19.5 Å². The number of benzene rings is 2. The van der Waals surface area contributed by atoms with E-state index in [1.54, 1.807) is 18.5 Å². The van der Waals surface area contributed by atoms with Gasteiger partial charge >= 0.3 is 5.97 Å². The average Bonchev–Trinajstić information content (AvgIpc) is 2.96. The van der Waals surface area contributed by atoms with Gasteiger partial charge in [0.15, 0.2) is 0 Å². The number of aliphatic hydroxyl groups is 1. The number of aliphatic hydroxyl groups excluding tert-OH is 1. The molecule has 3 aromatic rings. The largest absolute Gasteiger partial charge is 0.491 e. The van der Waals surface area contributed by atoms with Gasteiger partial charge in [0.25, 0.3) is 0 Å². The Morgan fingerprint density at radius 3 is 2.87 bits per heavy atom. The van der Waals surface area contributed by atoms with Crippen LogP contribution < -0.4 is 4.74 Å². The Kier molecular flexibility index (Phi) is 4.25. The van der Waals surface area contributed by atoms with Gasteiger partial charge in [-0.2, -0.15) is 0 Å². The summed E-state index contributed by atoms with van der Waals surface area (Å²) in [6, 6.07) is 13.9. The minimum absolute atomic E-state index is 0.0651. The molecule has 1 atom stereocenters. The number of aromatic carboxylic acids is 1. The first-order chi connectivity index (χ1) is 11.1. The first-order valence-electron chi connectivity index (χ1n) is 7.17. The molecule has 0 fully saturated rings. The molecule has 2 N–H and O–H groups in total. The van der Waals surface area contributed by atoms with E-state index in [9.17, 15) is 9.90 Å². The number of carboxylic acids is 1. The smallest absolute Gasteiger partial charge is 0.335 e. The summed E-state index contributed by atoms with van der Waals surface area (Å²) in [4.78, 5) is 15.2. The van der Waals surface area contributed by atoms with E-state index in [-0.39, 0.29) is 12.2 Å². The number of carboxylic acid groups (broad SMARTS) is 1. The van der Waals surface area contributed by atoms with E-state index in [1.807, 2.05) is 28.8 Å². The fourth-order valence-electron chi connectivity index (χ4n) is 2.35. The van der Waals surface area contributed by atoms with Gasteiger partial charge in [-0.25, -0.2) is 9.78 Å². The van der Waals surface area contributed by atoms with Crippen molar-refractivity contribution in [2.45, 2.75) is 12.6 Å². The quantitative estimate of drug-likeness (QED) is 0.729. The molecule has 1 heterocycles. The second-order valence-corrected chi connectivity index (χ2v) is 5.18. The molecular formula is C17H16N2O4. The number of para-hydroxylation sites is 2. The van der Waals surface area contributed by atoms with Gasteiger partial charge in [-0.1, -0.05) is 18.2 Å². The second kappa shape index (κ2) is 6.50. The number of hydrogen-bond acceptors (Lipinski definition) is 4. The Morgan fingerprint density at radius 2 is 2.04 bits per heavy atom. The van der Waals surface area contributed by atoms with E-state index in [1.165, 1.54) is 12.1 Å². The molecule has 0 saturated carbocycles. The van der Waals surface area contributed by atoms with Crippen molar-refractivity contribution in [3.8, 4) is 5.75 Å². The number of carbonyl (C=O) groups is 1. The Bertz CT molecular complexity index is 828. The van der Waals surface area contributed by atoms with E-state index in [4.69, 9.17) is 9.84 Å². The monoisotopic (exact) mass is 312 g/mol. The highest BCUT2D eigenvalue weighted by Gasteiger charge is 2.10. The third-order valence-electron chi connectivity index (χ3n) is 3.46. The molecule has 6 heteroatoms. The number of hydrogen-bond donors (Lipinski definition) is 2. The summed E-state index contributed by atoms with van der Waals surface area (Å²) in [5.74, 6) is -0.597. The molecular weight excluding hydrogens is 296 g/mol. The highest BCUT2D eigenvalue weighted by atomic mass is 16.5. The summed E-state index contributed by atoms with van der Waals surface area (Å²) in [7, 11) is 0. The van der Waals surface area contributed by atoms with Crippen LogP contribution in [-0.4, -0.2) is 38.4 Å². The molecule has 0 spiro atoms. The van der Waals surface area contributed by atoms with Gasteiger partial charge in [-0.15, -0.1) is 0 Å². The summed E-state index contributed by atoms with van der Waals surface area (Å²) >= 11 is 0. The maximum absolute atomic E-state index is 10.9. The van der Waals surface area contributed by atoms with E-state index >= 15 is 0 Å². The fraction of sp³-hybridized carbons (Fsp3) is 0.176. The summed E-state index contributed by atoms with van der Waals surface area (Å²) in [6.45, 7) is 0.411. The highest BCUT2D eigenvalue weighted by Crippen LogP contribution is 2.15. The topological polar surface area (TPSA) is 84.6 Å². The van der Waals surface area contributed by atoms with Crippen LogP contribution in [0.2, 0.25) is 0 Å². The van der Waals surface area contributed by atoms with Crippen LogP contribution in [0, 0.1) is 0 Å². The lowest BCUT2D eigenvalue weighted by Gasteiger charge is -2.14. The van der Waals surface area contributed by atoms with Crippen LogP contribution in [-0.2, 0) is 6.54 Å². The first kappa shape index (κ1) is 15.1. The van der Waals surface area contributed by atoms with Gasteiger partial charge in [-0.05, 0) is 30.3 Å². The van der Waals surface area contributed by atoms with Crippen LogP contribution in [0.25, 0.3) is 11.0 Å². The Hall–Kier alpha value is -2.86. The van der Waals surface area contributed by atoms with E-state index in [0.29, 0.717) is 12.3 Å². The molecule has 0 bridgehead atoms. The predicted octanol–water partition coefficient (Wildman–Crippen LogP) is 2.17. The van der Waals surface area contributed by atoms with Gasteiger partial charge in [-0.3, -0.25) is 0 Å². The Balaban J connectivity index is 1.62. The van der Waals surface area contributed by atoms with Crippen molar-refractivity contribution in [3.63, 3.8) is 0 Å². The highest BCUT2D eigenvalue weighted by molar-refractivity contribution is 5.88. The molecule has 0 radical (unpaired) electrons. The minimum Gasteiger partial charge on any atom is -0.491 e. The molecule has 118 valence electrons. The van der Waals surface area contributed by atoms with E-state index < -0.39 is 12.1 Å². The van der Waals surface area contributed by atoms with Crippen LogP contribution in [0.15, 0.2) is 54.9 Å². The van der Waals surface area contributed by atoms with Crippen LogP contribution in [0.5, 0.6) is 5.75 Å². The van der Waals surface area contributed by atoms with Crippen molar-refractivity contribution in [1.82, 2.24) is 9.55 Å². The van der Waals surface area contributed by atoms with Crippen LogP contribution in [0.3, 0.4) is 0 Å². The third-order valence-corrected chi connectivity index (χ3v) is 3.46. The minimum atomic E-state index is -1.01. The lowest BCUT2D eigenvalue weighted by atomic mass is 10.2. The number of imidazole rings is 1. The van der Waals surface area contributed by atoms with Crippen molar-refractivity contribution in [2.24, 2.45) is 0 Å². The standard InChI is InChI=1S/C17H16N2O4/c20-13(9-19-11-18-15-6-1-2-7-16(15)19)10-23-14-5-3-4-12(8-14)17(21)22/h1-8,11,13,20H,9-10H2,(H,21,22)/t13-/m0/s1. The normalized spacial score (nSPS) is 12.2. The lowest BCUT2D eigenvalue weighted by Crippen LogP contribution is -2.23. The zero-order chi connectivity index (χ0) is 16.2. The average molecular weight is 312 g/mol. The van der Waals surface area contributed by atoms with Crippen molar-refractivity contribution in [1.29, 1.82) is 0 Å². The molecule has 0 amide bonds. The van der Waals surface area contributed by atoms with Crippen molar-refractivity contribution in [3.05, 3.63) is 60.4 Å². The number of aromatic nitrogens is 2. The molecule has 1 aromatic heterocycles. The molecule has 2 aromatic carbocycles. The fourth-order valence-corrected chi connectivity index (χ4v) is 2.35.